The number of rotatable bonds is 3. The van der Waals surface area contributed by atoms with E-state index < -0.39 is 16.1 Å². The van der Waals surface area contributed by atoms with Gasteiger partial charge in [-0.3, -0.25) is 4.79 Å². The van der Waals surface area contributed by atoms with E-state index in [2.05, 4.69) is 0 Å². The van der Waals surface area contributed by atoms with E-state index in [1.807, 2.05) is 6.07 Å². The molecule has 1 aromatic carbocycles. The van der Waals surface area contributed by atoms with Gasteiger partial charge in [-0.15, -0.1) is 0 Å². The molecule has 0 radical (unpaired) electrons. The lowest BCUT2D eigenvalue weighted by Gasteiger charge is -2.33. The van der Waals surface area contributed by atoms with Gasteiger partial charge in [0, 0.05) is 6.54 Å². The van der Waals surface area contributed by atoms with Crippen molar-refractivity contribution in [3.63, 3.8) is 0 Å². The second kappa shape index (κ2) is 6.14. The molecule has 0 spiro atoms. The highest BCUT2D eigenvalue weighted by Crippen LogP contribution is 2.28. The van der Waals surface area contributed by atoms with E-state index in [-0.39, 0.29) is 21.3 Å². The van der Waals surface area contributed by atoms with Crippen LogP contribution in [0.4, 0.5) is 0 Å². The van der Waals surface area contributed by atoms with Gasteiger partial charge in [0.25, 0.3) is 0 Å². The van der Waals surface area contributed by atoms with Crippen molar-refractivity contribution in [3.8, 4) is 6.07 Å². The molecule has 1 atom stereocenters. The summed E-state index contributed by atoms with van der Waals surface area (Å²) >= 11 is 5.90. The van der Waals surface area contributed by atoms with E-state index in [0.29, 0.717) is 13.0 Å². The summed E-state index contributed by atoms with van der Waals surface area (Å²) < 4.78 is 26.6. The summed E-state index contributed by atoms with van der Waals surface area (Å²) in [6.45, 7) is 1.73. The van der Waals surface area contributed by atoms with Gasteiger partial charge in [-0.25, -0.2) is 8.42 Å². The van der Waals surface area contributed by atoms with E-state index in [1.165, 1.54) is 29.4 Å². The Bertz CT molecular complexity index is 709. The number of halogens is 1. The Balaban J connectivity index is 2.43. The minimum Gasteiger partial charge on any atom is -0.298 e. The van der Waals surface area contributed by atoms with Crippen LogP contribution in [0.1, 0.15) is 31.7 Å². The Labute approximate surface area is 129 Å². The van der Waals surface area contributed by atoms with E-state index >= 15 is 0 Å². The highest BCUT2D eigenvalue weighted by molar-refractivity contribution is 7.89. The molecule has 0 bridgehead atoms. The molecule has 7 heteroatoms. The average molecular weight is 327 g/mol. The zero-order valence-electron chi connectivity index (χ0n) is 11.5. The van der Waals surface area contributed by atoms with Gasteiger partial charge < -0.3 is 0 Å². The molecular weight excluding hydrogens is 312 g/mol. The normalized spacial score (nSPS) is 20.0. The second-order valence-corrected chi connectivity index (χ2v) is 7.29. The number of Topliss-reactive ketones (excluding diaryl/α,β-unsaturated/α-hetero) is 1. The van der Waals surface area contributed by atoms with Crippen molar-refractivity contribution in [1.82, 2.24) is 4.31 Å². The maximum Gasteiger partial charge on any atom is 0.243 e. The maximum atomic E-state index is 12.7. The van der Waals surface area contributed by atoms with Crippen LogP contribution in [0.25, 0.3) is 0 Å². The quantitative estimate of drug-likeness (QED) is 0.854. The zero-order valence-corrected chi connectivity index (χ0v) is 13.1. The summed E-state index contributed by atoms with van der Waals surface area (Å²) in [5.41, 5.74) is 0.220. The summed E-state index contributed by atoms with van der Waals surface area (Å²) in [4.78, 5) is 11.7. The van der Waals surface area contributed by atoms with Gasteiger partial charge in [-0.05, 0) is 38.0 Å². The van der Waals surface area contributed by atoms with Gasteiger partial charge in [0.1, 0.15) is 11.9 Å². The molecule has 1 aliphatic rings. The molecule has 0 amide bonds. The highest BCUT2D eigenvalue weighted by Gasteiger charge is 2.36. The zero-order chi connectivity index (χ0) is 15.6. The third-order valence-electron chi connectivity index (χ3n) is 3.59. The summed E-state index contributed by atoms with van der Waals surface area (Å²) in [5, 5.41) is 8.93. The van der Waals surface area contributed by atoms with E-state index in [4.69, 9.17) is 16.9 Å². The number of carbonyl (C=O) groups is 1. The fourth-order valence-corrected chi connectivity index (χ4v) is 4.50. The van der Waals surface area contributed by atoms with Crippen LogP contribution in [-0.2, 0) is 14.8 Å². The summed E-state index contributed by atoms with van der Waals surface area (Å²) in [6.07, 6.45) is 2.11. The lowest BCUT2D eigenvalue weighted by atomic mass is 10.0. The molecule has 0 aromatic heterocycles. The van der Waals surface area contributed by atoms with Crippen molar-refractivity contribution in [2.24, 2.45) is 0 Å². The molecule has 1 fully saturated rings. The monoisotopic (exact) mass is 326 g/mol. The number of benzene rings is 1. The van der Waals surface area contributed by atoms with Crippen LogP contribution < -0.4 is 0 Å². The molecule has 0 N–H and O–H groups in total. The molecule has 1 unspecified atom stereocenters. The van der Waals surface area contributed by atoms with Gasteiger partial charge in [0.2, 0.25) is 10.0 Å². The number of sulfonamides is 1. The molecule has 21 heavy (non-hydrogen) atoms. The molecule has 112 valence electrons. The Morgan fingerprint density at radius 2 is 2.14 bits per heavy atom. The fraction of sp³-hybridized carbons (Fsp3) is 0.429. The molecule has 0 aliphatic carbocycles. The molecule has 5 nitrogen and oxygen atoms in total. The number of hydrogen-bond acceptors (Lipinski definition) is 4. The summed E-state index contributed by atoms with van der Waals surface area (Å²) in [5.74, 6) is -0.155. The molecule has 1 aromatic rings. The molecule has 1 saturated heterocycles. The van der Waals surface area contributed by atoms with Crippen LogP contribution in [-0.4, -0.2) is 31.1 Å². The standard InChI is InChI=1S/C14H15ClN2O3S/c1-10(18)14-4-2-3-7-17(14)21(19,20)12-6-5-11(9-16)13(15)8-12/h5-6,8,14H,2-4,7H2,1H3. The van der Waals surface area contributed by atoms with Crippen molar-refractivity contribution in [2.75, 3.05) is 6.54 Å². The lowest BCUT2D eigenvalue weighted by molar-refractivity contribution is -0.121. The molecule has 0 saturated carbocycles. The molecule has 1 heterocycles. The van der Waals surface area contributed by atoms with Crippen molar-refractivity contribution in [2.45, 2.75) is 37.1 Å². The summed E-state index contributed by atoms with van der Waals surface area (Å²) in [7, 11) is -3.79. The van der Waals surface area contributed by atoms with E-state index in [1.54, 1.807) is 0 Å². The topological polar surface area (TPSA) is 78.2 Å². The SMILES string of the molecule is CC(=O)C1CCCCN1S(=O)(=O)c1ccc(C#N)c(Cl)c1. The minimum absolute atomic E-state index is 0.0136. The van der Waals surface area contributed by atoms with Crippen LogP contribution >= 0.6 is 11.6 Å². The maximum absolute atomic E-state index is 12.7. The smallest absolute Gasteiger partial charge is 0.243 e. The Hall–Kier alpha value is -1.42. The first-order valence-electron chi connectivity index (χ1n) is 6.60. The molecule has 2 rings (SSSR count). The van der Waals surface area contributed by atoms with E-state index in [0.717, 1.165) is 12.8 Å². The second-order valence-electron chi connectivity index (χ2n) is 4.99. The number of piperidine rings is 1. The summed E-state index contributed by atoms with van der Waals surface area (Å²) in [6, 6.07) is 5.27. The molecular formula is C14H15ClN2O3S. The Morgan fingerprint density at radius 3 is 2.71 bits per heavy atom. The van der Waals surface area contributed by atoms with Crippen molar-refractivity contribution in [1.29, 1.82) is 5.26 Å². The third kappa shape index (κ3) is 3.10. The largest absolute Gasteiger partial charge is 0.298 e. The van der Waals surface area contributed by atoms with Crippen LogP contribution in [0, 0.1) is 11.3 Å². The number of carbonyl (C=O) groups excluding carboxylic acids is 1. The lowest BCUT2D eigenvalue weighted by Crippen LogP contribution is -2.47. The minimum atomic E-state index is -3.79. The van der Waals surface area contributed by atoms with Crippen LogP contribution in [0.15, 0.2) is 23.1 Å². The van der Waals surface area contributed by atoms with Crippen LogP contribution in [0.2, 0.25) is 5.02 Å². The first-order valence-corrected chi connectivity index (χ1v) is 8.41. The van der Waals surface area contributed by atoms with Gasteiger partial charge in [-0.2, -0.15) is 9.57 Å². The first kappa shape index (κ1) is 16.0. The van der Waals surface area contributed by atoms with Gasteiger partial charge in [-0.1, -0.05) is 18.0 Å². The number of ketones is 1. The Kier molecular flexibility index (Phi) is 4.67. The highest BCUT2D eigenvalue weighted by atomic mass is 35.5. The predicted molar refractivity (Wildman–Crippen MR) is 78.4 cm³/mol. The van der Waals surface area contributed by atoms with Crippen LogP contribution in [0.3, 0.4) is 0 Å². The van der Waals surface area contributed by atoms with Gasteiger partial charge >= 0.3 is 0 Å². The first-order chi connectivity index (χ1) is 9.87. The Morgan fingerprint density at radius 1 is 1.43 bits per heavy atom. The van der Waals surface area contributed by atoms with Crippen LogP contribution in [0.5, 0.6) is 0 Å². The van der Waals surface area contributed by atoms with Gasteiger partial charge in [0.15, 0.2) is 0 Å². The number of hydrogen-bond donors (Lipinski definition) is 0. The van der Waals surface area contributed by atoms with E-state index in [9.17, 15) is 13.2 Å². The van der Waals surface area contributed by atoms with Crippen molar-refractivity contribution < 1.29 is 13.2 Å². The molecule has 1 aliphatic heterocycles. The number of nitrogens with zero attached hydrogens (tertiary/aromatic N) is 2. The van der Waals surface area contributed by atoms with Crippen molar-refractivity contribution in [3.05, 3.63) is 28.8 Å². The number of nitriles is 1. The van der Waals surface area contributed by atoms with Crippen molar-refractivity contribution >= 4 is 27.4 Å². The predicted octanol–water partition coefficient (Wildman–Crippen LogP) is 2.34. The third-order valence-corrected chi connectivity index (χ3v) is 5.81. The fourth-order valence-electron chi connectivity index (χ4n) is 2.48. The van der Waals surface area contributed by atoms with Gasteiger partial charge in [0.05, 0.1) is 21.5 Å². The average Bonchev–Trinajstić information content (AvgIpc) is 2.47.